The van der Waals surface area contributed by atoms with E-state index in [-0.39, 0.29) is 17.2 Å². The van der Waals surface area contributed by atoms with Gasteiger partial charge < -0.3 is 16.3 Å². The maximum absolute atomic E-state index is 11.8. The minimum atomic E-state index is -0.574. The molecule has 0 aromatic heterocycles. The predicted molar refractivity (Wildman–Crippen MR) is 66.8 cm³/mol. The second kappa shape index (κ2) is 5.89. The Labute approximate surface area is 102 Å². The molecule has 1 saturated carbocycles. The molecule has 0 aromatic carbocycles. The molecule has 0 spiro atoms. The number of hydrogen-bond acceptors (Lipinski definition) is 3. The highest BCUT2D eigenvalue weighted by molar-refractivity contribution is 6.01. The third kappa shape index (κ3) is 3.35. The Bertz CT molecular complexity index is 296. The fourth-order valence-electron chi connectivity index (χ4n) is 2.43. The van der Waals surface area contributed by atoms with Crippen LogP contribution in [0.2, 0.25) is 0 Å². The Balaban J connectivity index is 2.47. The number of nitrogens with zero attached hydrogens (tertiary/aromatic N) is 1. The molecule has 1 amide bonds. The van der Waals surface area contributed by atoms with Crippen LogP contribution in [0.25, 0.3) is 0 Å². The molecule has 4 N–H and O–H groups in total. The molecular weight excluding hydrogens is 218 g/mol. The van der Waals surface area contributed by atoms with E-state index in [0.29, 0.717) is 6.54 Å². The van der Waals surface area contributed by atoms with E-state index in [1.54, 1.807) is 6.92 Å². The molecule has 5 heteroatoms. The SMILES string of the molecule is CCC1(CNC(=O)C(C)C(N)=NO)CCCC1. The molecule has 0 saturated heterocycles. The second-order valence-corrected chi connectivity index (χ2v) is 5.03. The lowest BCUT2D eigenvalue weighted by atomic mass is 9.83. The molecule has 0 aliphatic heterocycles. The first-order valence-electron chi connectivity index (χ1n) is 6.30. The van der Waals surface area contributed by atoms with E-state index < -0.39 is 5.92 Å². The molecule has 0 bridgehead atoms. The number of amides is 1. The summed E-state index contributed by atoms with van der Waals surface area (Å²) in [6.07, 6.45) is 5.95. The van der Waals surface area contributed by atoms with Gasteiger partial charge in [0.05, 0.1) is 5.92 Å². The third-order valence-corrected chi connectivity index (χ3v) is 4.00. The largest absolute Gasteiger partial charge is 0.409 e. The zero-order valence-corrected chi connectivity index (χ0v) is 10.7. The van der Waals surface area contributed by atoms with Gasteiger partial charge in [0, 0.05) is 6.54 Å². The highest BCUT2D eigenvalue weighted by atomic mass is 16.4. The van der Waals surface area contributed by atoms with Crippen LogP contribution in [0.1, 0.15) is 46.0 Å². The zero-order valence-electron chi connectivity index (χ0n) is 10.7. The van der Waals surface area contributed by atoms with Gasteiger partial charge in [-0.05, 0) is 31.6 Å². The van der Waals surface area contributed by atoms with Crippen LogP contribution in [0.4, 0.5) is 0 Å². The number of nitrogens with two attached hydrogens (primary N) is 1. The van der Waals surface area contributed by atoms with E-state index in [0.717, 1.165) is 6.42 Å². The average Bonchev–Trinajstić information content (AvgIpc) is 2.83. The molecule has 0 heterocycles. The Morgan fingerprint density at radius 1 is 1.53 bits per heavy atom. The maximum Gasteiger partial charge on any atom is 0.230 e. The highest BCUT2D eigenvalue weighted by Gasteiger charge is 2.32. The first-order valence-corrected chi connectivity index (χ1v) is 6.30. The van der Waals surface area contributed by atoms with Crippen LogP contribution in [-0.4, -0.2) is 23.5 Å². The van der Waals surface area contributed by atoms with Crippen LogP contribution < -0.4 is 11.1 Å². The van der Waals surface area contributed by atoms with E-state index in [4.69, 9.17) is 10.9 Å². The first-order chi connectivity index (χ1) is 8.04. The van der Waals surface area contributed by atoms with Gasteiger partial charge in [-0.3, -0.25) is 4.79 Å². The summed E-state index contributed by atoms with van der Waals surface area (Å²) in [5.74, 6) is -0.783. The summed E-state index contributed by atoms with van der Waals surface area (Å²) in [5.41, 5.74) is 5.67. The number of amidine groups is 1. The Morgan fingerprint density at radius 2 is 2.12 bits per heavy atom. The maximum atomic E-state index is 11.8. The van der Waals surface area contributed by atoms with Crippen LogP contribution in [0.3, 0.4) is 0 Å². The summed E-state index contributed by atoms with van der Waals surface area (Å²) in [6, 6.07) is 0. The smallest absolute Gasteiger partial charge is 0.230 e. The Morgan fingerprint density at radius 3 is 2.59 bits per heavy atom. The Kier molecular flexibility index (Phi) is 4.78. The van der Waals surface area contributed by atoms with Gasteiger partial charge in [-0.25, -0.2) is 0 Å². The number of hydrogen-bond donors (Lipinski definition) is 3. The van der Waals surface area contributed by atoms with Crippen molar-refractivity contribution in [3.05, 3.63) is 0 Å². The topological polar surface area (TPSA) is 87.7 Å². The van der Waals surface area contributed by atoms with Gasteiger partial charge >= 0.3 is 0 Å². The molecule has 98 valence electrons. The van der Waals surface area contributed by atoms with Crippen LogP contribution in [0.5, 0.6) is 0 Å². The normalized spacial score (nSPS) is 21.2. The van der Waals surface area contributed by atoms with Gasteiger partial charge in [-0.15, -0.1) is 0 Å². The van der Waals surface area contributed by atoms with Gasteiger partial charge in [0.1, 0.15) is 0 Å². The van der Waals surface area contributed by atoms with Crippen molar-refractivity contribution < 1.29 is 10.0 Å². The third-order valence-electron chi connectivity index (χ3n) is 4.00. The van der Waals surface area contributed by atoms with Gasteiger partial charge in [0.25, 0.3) is 0 Å². The molecule has 1 atom stereocenters. The van der Waals surface area contributed by atoms with Crippen molar-refractivity contribution in [2.45, 2.75) is 46.0 Å². The van der Waals surface area contributed by atoms with Crippen LogP contribution >= 0.6 is 0 Å². The molecule has 5 nitrogen and oxygen atoms in total. The Hall–Kier alpha value is -1.26. The monoisotopic (exact) mass is 241 g/mol. The van der Waals surface area contributed by atoms with Crippen LogP contribution in [0, 0.1) is 11.3 Å². The van der Waals surface area contributed by atoms with Gasteiger partial charge in [-0.2, -0.15) is 0 Å². The zero-order chi connectivity index (χ0) is 12.9. The van der Waals surface area contributed by atoms with Gasteiger partial charge in [-0.1, -0.05) is 24.9 Å². The van der Waals surface area contributed by atoms with Crippen molar-refractivity contribution in [2.75, 3.05) is 6.54 Å². The molecule has 1 aliphatic rings. The molecule has 1 unspecified atom stereocenters. The molecule has 0 radical (unpaired) electrons. The fourth-order valence-corrected chi connectivity index (χ4v) is 2.43. The van der Waals surface area contributed by atoms with Crippen molar-refractivity contribution >= 4 is 11.7 Å². The van der Waals surface area contributed by atoms with Crippen molar-refractivity contribution in [3.63, 3.8) is 0 Å². The number of carbonyl (C=O) groups excluding carboxylic acids is 1. The van der Waals surface area contributed by atoms with E-state index in [1.807, 2.05) is 0 Å². The number of carbonyl (C=O) groups is 1. The molecule has 1 rings (SSSR count). The lowest BCUT2D eigenvalue weighted by molar-refractivity contribution is -0.123. The fraction of sp³-hybridized carbons (Fsp3) is 0.833. The summed E-state index contributed by atoms with van der Waals surface area (Å²) < 4.78 is 0. The predicted octanol–water partition coefficient (Wildman–Crippen LogP) is 1.46. The number of nitrogens with one attached hydrogen (secondary N) is 1. The summed E-state index contributed by atoms with van der Waals surface area (Å²) in [6.45, 7) is 4.51. The minimum absolute atomic E-state index is 0.0422. The summed E-state index contributed by atoms with van der Waals surface area (Å²) in [7, 11) is 0. The molecular formula is C12H23N3O2. The summed E-state index contributed by atoms with van der Waals surface area (Å²) in [5, 5.41) is 14.3. The van der Waals surface area contributed by atoms with Gasteiger partial charge in [0.15, 0.2) is 5.84 Å². The average molecular weight is 241 g/mol. The lowest BCUT2D eigenvalue weighted by Crippen LogP contribution is -2.42. The van der Waals surface area contributed by atoms with Crippen LogP contribution in [-0.2, 0) is 4.79 Å². The molecule has 17 heavy (non-hydrogen) atoms. The van der Waals surface area contributed by atoms with E-state index in [9.17, 15) is 4.79 Å². The first kappa shape index (κ1) is 13.8. The van der Waals surface area contributed by atoms with E-state index >= 15 is 0 Å². The second-order valence-electron chi connectivity index (χ2n) is 5.03. The van der Waals surface area contributed by atoms with E-state index in [1.165, 1.54) is 25.7 Å². The van der Waals surface area contributed by atoms with Gasteiger partial charge in [0.2, 0.25) is 5.91 Å². The van der Waals surface area contributed by atoms with Crippen molar-refractivity contribution in [1.82, 2.24) is 5.32 Å². The van der Waals surface area contributed by atoms with Crippen LogP contribution in [0.15, 0.2) is 5.16 Å². The number of rotatable bonds is 5. The molecule has 0 aromatic rings. The van der Waals surface area contributed by atoms with E-state index in [2.05, 4.69) is 17.4 Å². The molecule has 1 aliphatic carbocycles. The highest BCUT2D eigenvalue weighted by Crippen LogP contribution is 2.40. The summed E-state index contributed by atoms with van der Waals surface area (Å²) >= 11 is 0. The quantitative estimate of drug-likeness (QED) is 0.295. The number of oxime groups is 1. The lowest BCUT2D eigenvalue weighted by Gasteiger charge is -2.28. The summed E-state index contributed by atoms with van der Waals surface area (Å²) in [4.78, 5) is 11.8. The standard InChI is InChI=1S/C12H23N3O2/c1-3-12(6-4-5-7-12)8-14-11(16)9(2)10(13)15-17/h9,17H,3-8H2,1-2H3,(H2,13,15)(H,14,16). The van der Waals surface area contributed by atoms with Crippen molar-refractivity contribution in [3.8, 4) is 0 Å². The van der Waals surface area contributed by atoms with Crippen molar-refractivity contribution in [2.24, 2.45) is 22.2 Å². The minimum Gasteiger partial charge on any atom is -0.409 e. The molecule has 1 fully saturated rings. The van der Waals surface area contributed by atoms with Crippen molar-refractivity contribution in [1.29, 1.82) is 0 Å².